The van der Waals surface area contributed by atoms with Crippen molar-refractivity contribution in [3.8, 4) is 22.6 Å². The standard InChI is InChI=1S/C20H15F3O2/c1-3-10-25-14-7-4-12(5-8-14)15-9-6-13-11-16(24-2)19(22)20(23)17(13)18(15)21/h3-11H,1-2H3. The van der Waals surface area contributed by atoms with Crippen molar-refractivity contribution in [1.82, 2.24) is 0 Å². The molecule has 3 rings (SSSR count). The predicted molar refractivity (Wildman–Crippen MR) is 91.3 cm³/mol. The summed E-state index contributed by atoms with van der Waals surface area (Å²) in [6.07, 6.45) is 3.26. The van der Waals surface area contributed by atoms with Gasteiger partial charge in [0.05, 0.1) is 18.8 Å². The first-order valence-electron chi connectivity index (χ1n) is 7.59. The molecule has 0 saturated carbocycles. The van der Waals surface area contributed by atoms with Gasteiger partial charge in [-0.2, -0.15) is 4.39 Å². The molecule has 0 spiro atoms. The van der Waals surface area contributed by atoms with E-state index < -0.39 is 22.8 Å². The normalized spacial score (nSPS) is 11.2. The number of fused-ring (bicyclic) bond motifs is 1. The molecule has 25 heavy (non-hydrogen) atoms. The van der Waals surface area contributed by atoms with Crippen molar-refractivity contribution in [3.63, 3.8) is 0 Å². The molecule has 0 N–H and O–H groups in total. The minimum atomic E-state index is -1.26. The Hall–Kier alpha value is -2.95. The maximum absolute atomic E-state index is 14.8. The van der Waals surface area contributed by atoms with Gasteiger partial charge in [0.15, 0.2) is 11.6 Å². The van der Waals surface area contributed by atoms with E-state index in [2.05, 4.69) is 0 Å². The lowest BCUT2D eigenvalue weighted by atomic mass is 9.99. The lowest BCUT2D eigenvalue weighted by Gasteiger charge is -2.11. The minimum absolute atomic E-state index is 0.175. The number of methoxy groups -OCH3 is 1. The Balaban J connectivity index is 2.11. The number of ether oxygens (including phenoxy) is 2. The molecule has 0 atom stereocenters. The number of allylic oxidation sites excluding steroid dienone is 1. The zero-order valence-corrected chi connectivity index (χ0v) is 13.6. The molecule has 0 aliphatic carbocycles. The quantitative estimate of drug-likeness (QED) is 0.553. The molecule has 0 heterocycles. The van der Waals surface area contributed by atoms with Crippen LogP contribution < -0.4 is 9.47 Å². The zero-order chi connectivity index (χ0) is 18.0. The van der Waals surface area contributed by atoms with E-state index in [1.54, 1.807) is 30.3 Å². The third kappa shape index (κ3) is 3.05. The first-order chi connectivity index (χ1) is 12.1. The highest BCUT2D eigenvalue weighted by Crippen LogP contribution is 2.35. The largest absolute Gasteiger partial charge is 0.494 e. The highest BCUT2D eigenvalue weighted by molar-refractivity contribution is 5.90. The Morgan fingerprint density at radius 3 is 2.24 bits per heavy atom. The van der Waals surface area contributed by atoms with Gasteiger partial charge in [-0.15, -0.1) is 0 Å². The summed E-state index contributed by atoms with van der Waals surface area (Å²) in [5.41, 5.74) is 0.705. The van der Waals surface area contributed by atoms with Crippen LogP contribution >= 0.6 is 0 Å². The first-order valence-corrected chi connectivity index (χ1v) is 7.59. The predicted octanol–water partition coefficient (Wildman–Crippen LogP) is 5.85. The Bertz CT molecular complexity index is 948. The van der Waals surface area contributed by atoms with Crippen molar-refractivity contribution < 1.29 is 22.6 Å². The number of hydrogen-bond acceptors (Lipinski definition) is 2. The molecule has 3 aromatic rings. The van der Waals surface area contributed by atoms with Gasteiger partial charge in [-0.05, 0) is 36.1 Å². The van der Waals surface area contributed by atoms with Gasteiger partial charge in [0.25, 0.3) is 0 Å². The molecule has 128 valence electrons. The monoisotopic (exact) mass is 344 g/mol. The van der Waals surface area contributed by atoms with Crippen molar-refractivity contribution in [2.45, 2.75) is 6.92 Å². The molecule has 0 bridgehead atoms. The second-order valence-corrected chi connectivity index (χ2v) is 5.34. The molecule has 0 aliphatic rings. The fourth-order valence-electron chi connectivity index (χ4n) is 2.59. The van der Waals surface area contributed by atoms with E-state index >= 15 is 0 Å². The first kappa shape index (κ1) is 16.9. The van der Waals surface area contributed by atoms with E-state index in [1.165, 1.54) is 31.6 Å². The van der Waals surface area contributed by atoms with Crippen LogP contribution in [0.15, 0.2) is 54.8 Å². The molecule has 0 radical (unpaired) electrons. The van der Waals surface area contributed by atoms with Gasteiger partial charge >= 0.3 is 0 Å². The fourth-order valence-corrected chi connectivity index (χ4v) is 2.59. The van der Waals surface area contributed by atoms with Crippen LogP contribution in [0.2, 0.25) is 0 Å². The van der Waals surface area contributed by atoms with Gasteiger partial charge in [0.1, 0.15) is 11.6 Å². The Morgan fingerprint density at radius 2 is 1.60 bits per heavy atom. The molecule has 0 saturated heterocycles. The summed E-state index contributed by atoms with van der Waals surface area (Å²) in [7, 11) is 1.23. The number of halogens is 3. The average Bonchev–Trinajstić information content (AvgIpc) is 2.63. The molecular weight excluding hydrogens is 329 g/mol. The molecule has 5 heteroatoms. The van der Waals surface area contributed by atoms with Gasteiger partial charge in [-0.1, -0.05) is 30.3 Å². The van der Waals surface area contributed by atoms with Crippen LogP contribution in [0, 0.1) is 17.5 Å². The van der Waals surface area contributed by atoms with Crippen LogP contribution in [0.3, 0.4) is 0 Å². The van der Waals surface area contributed by atoms with Crippen LogP contribution in [0.5, 0.6) is 11.5 Å². The fraction of sp³-hybridized carbons (Fsp3) is 0.100. The summed E-state index contributed by atoms with van der Waals surface area (Å²) in [5, 5.41) is -0.171. The second kappa shape index (κ2) is 6.89. The minimum Gasteiger partial charge on any atom is -0.494 e. The van der Waals surface area contributed by atoms with Gasteiger partial charge in [-0.25, -0.2) is 8.78 Å². The highest BCUT2D eigenvalue weighted by Gasteiger charge is 2.19. The average molecular weight is 344 g/mol. The topological polar surface area (TPSA) is 18.5 Å². The van der Waals surface area contributed by atoms with Crippen molar-refractivity contribution in [1.29, 1.82) is 0 Å². The molecule has 0 fully saturated rings. The SMILES string of the molecule is CC=COc1ccc(-c2ccc3cc(OC)c(F)c(F)c3c2F)cc1. The van der Waals surface area contributed by atoms with Gasteiger partial charge < -0.3 is 9.47 Å². The molecule has 2 nitrogen and oxygen atoms in total. The van der Waals surface area contributed by atoms with Crippen LogP contribution in [0.4, 0.5) is 13.2 Å². The van der Waals surface area contributed by atoms with Crippen LogP contribution in [-0.2, 0) is 0 Å². The Kier molecular flexibility index (Phi) is 4.65. The molecule has 0 unspecified atom stereocenters. The van der Waals surface area contributed by atoms with E-state index in [4.69, 9.17) is 9.47 Å². The maximum Gasteiger partial charge on any atom is 0.201 e. The molecule has 0 amide bonds. The van der Waals surface area contributed by atoms with Crippen LogP contribution in [0.25, 0.3) is 21.9 Å². The summed E-state index contributed by atoms with van der Waals surface area (Å²) in [6, 6.07) is 11.0. The summed E-state index contributed by atoms with van der Waals surface area (Å²) in [6.45, 7) is 1.82. The third-order valence-corrected chi connectivity index (χ3v) is 3.81. The van der Waals surface area contributed by atoms with Gasteiger partial charge in [-0.3, -0.25) is 0 Å². The molecule has 0 aliphatic heterocycles. The van der Waals surface area contributed by atoms with E-state index in [9.17, 15) is 13.2 Å². The number of benzene rings is 3. The lowest BCUT2D eigenvalue weighted by Crippen LogP contribution is -1.97. The highest BCUT2D eigenvalue weighted by atomic mass is 19.2. The van der Waals surface area contributed by atoms with Gasteiger partial charge in [0, 0.05) is 5.56 Å². The second-order valence-electron chi connectivity index (χ2n) is 5.34. The smallest absolute Gasteiger partial charge is 0.201 e. The van der Waals surface area contributed by atoms with Crippen molar-refractivity contribution in [2.24, 2.45) is 0 Å². The van der Waals surface area contributed by atoms with Crippen molar-refractivity contribution >= 4 is 10.8 Å². The molecule has 3 aromatic carbocycles. The van der Waals surface area contributed by atoms with Gasteiger partial charge in [0.2, 0.25) is 5.82 Å². The van der Waals surface area contributed by atoms with E-state index in [0.29, 0.717) is 11.3 Å². The van der Waals surface area contributed by atoms with E-state index in [1.807, 2.05) is 6.92 Å². The van der Waals surface area contributed by atoms with Crippen LogP contribution in [0.1, 0.15) is 6.92 Å². The number of rotatable bonds is 4. The molecular formula is C20H15F3O2. The Morgan fingerprint density at radius 1 is 0.880 bits per heavy atom. The van der Waals surface area contributed by atoms with Crippen molar-refractivity contribution in [2.75, 3.05) is 7.11 Å². The molecule has 0 aromatic heterocycles. The Labute approximate surface area is 143 Å². The maximum atomic E-state index is 14.8. The van der Waals surface area contributed by atoms with Crippen LogP contribution in [-0.4, -0.2) is 7.11 Å². The number of hydrogen-bond donors (Lipinski definition) is 0. The third-order valence-electron chi connectivity index (χ3n) is 3.81. The van der Waals surface area contributed by atoms with Crippen molar-refractivity contribution in [3.05, 3.63) is 72.3 Å². The summed E-state index contributed by atoms with van der Waals surface area (Å²) >= 11 is 0. The lowest BCUT2D eigenvalue weighted by molar-refractivity contribution is 0.374. The zero-order valence-electron chi connectivity index (χ0n) is 13.6. The summed E-state index contributed by atoms with van der Waals surface area (Å²) in [5.74, 6) is -2.96. The van der Waals surface area contributed by atoms with E-state index in [-0.39, 0.29) is 16.7 Å². The summed E-state index contributed by atoms with van der Waals surface area (Å²) in [4.78, 5) is 0. The van der Waals surface area contributed by atoms with E-state index in [0.717, 1.165) is 0 Å². The summed E-state index contributed by atoms with van der Waals surface area (Å²) < 4.78 is 53.1.